The molecule has 1 fully saturated rings. The van der Waals surface area contributed by atoms with Crippen molar-refractivity contribution in [2.75, 3.05) is 39.7 Å². The lowest BCUT2D eigenvalue weighted by atomic mass is 9.65. The fourth-order valence-electron chi connectivity index (χ4n) is 5.30. The molecule has 0 bridgehead atoms. The van der Waals surface area contributed by atoms with Crippen LogP contribution >= 0.6 is 0 Å². The molecule has 24 heavy (non-hydrogen) atoms. The van der Waals surface area contributed by atoms with Crippen LogP contribution in [0.5, 0.6) is 0 Å². The third-order valence-corrected chi connectivity index (χ3v) is 6.27. The number of carbonyl (C=O) groups is 1. The first-order valence-corrected chi connectivity index (χ1v) is 8.78. The molecule has 1 saturated heterocycles. The molecule has 2 heterocycles. The molecule has 5 heteroatoms. The van der Waals surface area contributed by atoms with Gasteiger partial charge >= 0.3 is 5.97 Å². The van der Waals surface area contributed by atoms with E-state index >= 15 is 0 Å². The van der Waals surface area contributed by atoms with E-state index in [1.165, 1.54) is 23.9 Å². The summed E-state index contributed by atoms with van der Waals surface area (Å²) in [5, 5.41) is 3.55. The quantitative estimate of drug-likeness (QED) is 0.862. The smallest absolute Gasteiger partial charge is 0.305 e. The Kier molecular flexibility index (Phi) is 3.81. The van der Waals surface area contributed by atoms with Crippen molar-refractivity contribution in [3.05, 3.63) is 29.3 Å². The Hall–Kier alpha value is -1.59. The van der Waals surface area contributed by atoms with E-state index in [-0.39, 0.29) is 17.5 Å². The van der Waals surface area contributed by atoms with Crippen molar-refractivity contribution in [2.24, 2.45) is 5.92 Å². The summed E-state index contributed by atoms with van der Waals surface area (Å²) in [5.41, 5.74) is 3.67. The Morgan fingerprint density at radius 2 is 2.25 bits per heavy atom. The summed E-state index contributed by atoms with van der Waals surface area (Å²) in [6.07, 6.45) is 2.43. The van der Waals surface area contributed by atoms with E-state index in [0.717, 1.165) is 25.9 Å². The molecule has 130 valence electrons. The van der Waals surface area contributed by atoms with Gasteiger partial charge in [0.1, 0.15) is 5.60 Å². The van der Waals surface area contributed by atoms with Gasteiger partial charge in [-0.25, -0.2) is 0 Å². The average molecular weight is 330 g/mol. The standard InChI is InChI=1S/C19H26N2O3/c1-21-11-12(7-17(22)23-2)9-19(24-3)14-5-4-6-15-18(14)13(10-20-15)8-16(19)21/h4-6,12-13,16,20H,7-11H2,1-3H3. The van der Waals surface area contributed by atoms with Crippen LogP contribution < -0.4 is 5.32 Å². The minimum Gasteiger partial charge on any atom is -0.469 e. The number of hydrogen-bond acceptors (Lipinski definition) is 5. The van der Waals surface area contributed by atoms with Crippen molar-refractivity contribution in [1.29, 1.82) is 0 Å². The molecule has 4 atom stereocenters. The van der Waals surface area contributed by atoms with Crippen LogP contribution in [0.25, 0.3) is 0 Å². The summed E-state index contributed by atoms with van der Waals surface area (Å²) in [7, 11) is 5.45. The average Bonchev–Trinajstić information content (AvgIpc) is 3.00. The summed E-state index contributed by atoms with van der Waals surface area (Å²) >= 11 is 0. The zero-order chi connectivity index (χ0) is 16.9. The number of rotatable bonds is 3. The number of ether oxygens (including phenoxy) is 2. The number of esters is 1. The number of carbonyl (C=O) groups excluding carboxylic acids is 1. The van der Waals surface area contributed by atoms with Crippen molar-refractivity contribution >= 4 is 11.7 Å². The number of nitrogens with zero attached hydrogens (tertiary/aromatic N) is 1. The van der Waals surface area contributed by atoms with E-state index in [2.05, 4.69) is 35.5 Å². The Bertz CT molecular complexity index is 662. The van der Waals surface area contributed by atoms with E-state index in [1.807, 2.05) is 7.11 Å². The van der Waals surface area contributed by atoms with Crippen LogP contribution in [0, 0.1) is 5.92 Å². The molecule has 0 amide bonds. The van der Waals surface area contributed by atoms with Crippen LogP contribution in [0.2, 0.25) is 0 Å². The number of nitrogens with one attached hydrogen (secondary N) is 1. The van der Waals surface area contributed by atoms with Gasteiger partial charge in [0, 0.05) is 44.3 Å². The van der Waals surface area contributed by atoms with Gasteiger partial charge in [-0.15, -0.1) is 0 Å². The molecule has 5 nitrogen and oxygen atoms in total. The molecular weight excluding hydrogens is 304 g/mol. The van der Waals surface area contributed by atoms with Gasteiger partial charge in [0.2, 0.25) is 0 Å². The van der Waals surface area contributed by atoms with E-state index in [0.29, 0.717) is 18.4 Å². The summed E-state index contributed by atoms with van der Waals surface area (Å²) in [4.78, 5) is 14.2. The van der Waals surface area contributed by atoms with Gasteiger partial charge in [0.15, 0.2) is 0 Å². The highest BCUT2D eigenvalue weighted by atomic mass is 16.5. The molecule has 1 aromatic carbocycles. The summed E-state index contributed by atoms with van der Waals surface area (Å²) in [6, 6.07) is 6.87. The van der Waals surface area contributed by atoms with Gasteiger partial charge in [-0.3, -0.25) is 9.69 Å². The second-order valence-corrected chi connectivity index (χ2v) is 7.48. The molecule has 4 unspecified atom stereocenters. The molecule has 1 aliphatic carbocycles. The van der Waals surface area contributed by atoms with Gasteiger partial charge < -0.3 is 14.8 Å². The maximum Gasteiger partial charge on any atom is 0.305 e. The monoisotopic (exact) mass is 330 g/mol. The van der Waals surface area contributed by atoms with Gasteiger partial charge in [-0.05, 0) is 43.0 Å². The zero-order valence-corrected chi connectivity index (χ0v) is 14.7. The van der Waals surface area contributed by atoms with Gasteiger partial charge in [-0.1, -0.05) is 12.1 Å². The molecule has 0 radical (unpaired) electrons. The largest absolute Gasteiger partial charge is 0.469 e. The number of benzene rings is 1. The predicted molar refractivity (Wildman–Crippen MR) is 92.1 cm³/mol. The lowest BCUT2D eigenvalue weighted by Crippen LogP contribution is -2.59. The second kappa shape index (κ2) is 5.74. The van der Waals surface area contributed by atoms with Crippen LogP contribution in [0.4, 0.5) is 5.69 Å². The van der Waals surface area contributed by atoms with Crippen LogP contribution in [-0.2, 0) is 19.9 Å². The minimum absolute atomic E-state index is 0.133. The first-order valence-electron chi connectivity index (χ1n) is 8.78. The molecule has 1 aromatic rings. The fourth-order valence-corrected chi connectivity index (χ4v) is 5.30. The molecule has 1 N–H and O–H groups in total. The maximum atomic E-state index is 11.8. The normalized spacial score (nSPS) is 34.2. The summed E-state index contributed by atoms with van der Waals surface area (Å²) in [5.74, 6) is 0.677. The van der Waals surface area contributed by atoms with Crippen molar-refractivity contribution < 1.29 is 14.3 Å². The number of fused-ring (bicyclic) bond motifs is 2. The predicted octanol–water partition coefficient (Wildman–Crippen LogP) is 2.32. The van der Waals surface area contributed by atoms with Crippen LogP contribution in [0.15, 0.2) is 18.2 Å². The van der Waals surface area contributed by atoms with Crippen LogP contribution in [-0.4, -0.2) is 51.3 Å². The molecule has 4 rings (SSSR count). The second-order valence-electron chi connectivity index (χ2n) is 7.48. The van der Waals surface area contributed by atoms with E-state index in [4.69, 9.17) is 9.47 Å². The van der Waals surface area contributed by atoms with Crippen molar-refractivity contribution in [3.63, 3.8) is 0 Å². The number of likely N-dealkylation sites (tertiary alicyclic amines) is 1. The Morgan fingerprint density at radius 1 is 1.42 bits per heavy atom. The number of hydrogen-bond donors (Lipinski definition) is 1. The van der Waals surface area contributed by atoms with Crippen molar-refractivity contribution in [1.82, 2.24) is 4.90 Å². The van der Waals surface area contributed by atoms with Crippen molar-refractivity contribution in [3.8, 4) is 0 Å². The highest BCUT2D eigenvalue weighted by molar-refractivity contribution is 5.69. The minimum atomic E-state index is -0.334. The lowest BCUT2D eigenvalue weighted by Gasteiger charge is -2.54. The molecule has 3 aliphatic rings. The van der Waals surface area contributed by atoms with Gasteiger partial charge in [0.05, 0.1) is 7.11 Å². The molecular formula is C19H26N2O3. The molecule has 0 aromatic heterocycles. The SMILES string of the molecule is COC(=O)CC1CN(C)C2CC3CNc4cccc(c43)C2(OC)C1. The van der Waals surface area contributed by atoms with E-state index in [9.17, 15) is 4.79 Å². The zero-order valence-electron chi connectivity index (χ0n) is 14.7. The number of methoxy groups -OCH3 is 2. The highest BCUT2D eigenvalue weighted by Crippen LogP contribution is 2.54. The third-order valence-electron chi connectivity index (χ3n) is 6.27. The summed E-state index contributed by atoms with van der Waals surface area (Å²) < 4.78 is 11.1. The fraction of sp³-hybridized carbons (Fsp3) is 0.632. The first-order chi connectivity index (χ1) is 11.6. The number of anilines is 1. The molecule has 2 aliphatic heterocycles. The number of piperidine rings is 1. The molecule has 0 saturated carbocycles. The number of likely N-dealkylation sites (N-methyl/N-ethyl adjacent to an activating group) is 1. The molecule has 0 spiro atoms. The van der Waals surface area contributed by atoms with E-state index in [1.54, 1.807) is 0 Å². The van der Waals surface area contributed by atoms with Crippen LogP contribution in [0.1, 0.15) is 36.3 Å². The van der Waals surface area contributed by atoms with E-state index < -0.39 is 0 Å². The highest BCUT2D eigenvalue weighted by Gasteiger charge is 2.54. The van der Waals surface area contributed by atoms with Crippen LogP contribution in [0.3, 0.4) is 0 Å². The lowest BCUT2D eigenvalue weighted by molar-refractivity contribution is -0.151. The maximum absolute atomic E-state index is 11.8. The van der Waals surface area contributed by atoms with Crippen molar-refractivity contribution in [2.45, 2.75) is 36.8 Å². The summed E-state index contributed by atoms with van der Waals surface area (Å²) in [6.45, 7) is 1.93. The first kappa shape index (κ1) is 15.9. The van der Waals surface area contributed by atoms with Gasteiger partial charge in [-0.2, -0.15) is 0 Å². The van der Waals surface area contributed by atoms with Gasteiger partial charge in [0.25, 0.3) is 0 Å². The Labute approximate surface area is 143 Å². The Balaban J connectivity index is 1.76. The topological polar surface area (TPSA) is 50.8 Å². The third kappa shape index (κ3) is 2.18. The Morgan fingerprint density at radius 3 is 3.00 bits per heavy atom.